The standard InChI is InChI=1S/C10H12FN5O/c1-17-5-4-16-10(13-14-15-16)8-6-7(11)2-3-9(8)12/h2-3,6H,4-5,12H2,1H3. The number of nitrogens with zero attached hydrogens (tertiary/aromatic N) is 4. The minimum Gasteiger partial charge on any atom is -0.398 e. The molecule has 0 amide bonds. The monoisotopic (exact) mass is 237 g/mol. The minimum atomic E-state index is -0.379. The summed E-state index contributed by atoms with van der Waals surface area (Å²) in [6, 6.07) is 4.09. The van der Waals surface area contributed by atoms with Gasteiger partial charge in [0.05, 0.1) is 13.2 Å². The molecule has 0 aliphatic carbocycles. The molecular weight excluding hydrogens is 225 g/mol. The maximum absolute atomic E-state index is 13.2. The molecule has 0 bridgehead atoms. The fourth-order valence-electron chi connectivity index (χ4n) is 1.45. The number of halogens is 1. The van der Waals surface area contributed by atoms with Gasteiger partial charge in [0.15, 0.2) is 5.82 Å². The average molecular weight is 237 g/mol. The minimum absolute atomic E-state index is 0.379. The molecule has 6 nitrogen and oxygen atoms in total. The van der Waals surface area contributed by atoms with Crippen LogP contribution in [0.5, 0.6) is 0 Å². The molecule has 0 radical (unpaired) electrons. The van der Waals surface area contributed by atoms with E-state index in [-0.39, 0.29) is 5.82 Å². The number of nitrogens with two attached hydrogens (primary N) is 1. The molecular formula is C10H12FN5O. The first-order chi connectivity index (χ1) is 8.22. The summed E-state index contributed by atoms with van der Waals surface area (Å²) in [5, 5.41) is 11.2. The van der Waals surface area contributed by atoms with Crippen molar-refractivity contribution in [3.63, 3.8) is 0 Å². The Kier molecular flexibility index (Phi) is 3.29. The van der Waals surface area contributed by atoms with Crippen molar-refractivity contribution in [2.24, 2.45) is 0 Å². The van der Waals surface area contributed by atoms with Gasteiger partial charge in [0.25, 0.3) is 0 Å². The Bertz CT molecular complexity index is 513. The lowest BCUT2D eigenvalue weighted by atomic mass is 10.1. The number of rotatable bonds is 4. The Morgan fingerprint density at radius 3 is 3.06 bits per heavy atom. The second kappa shape index (κ2) is 4.88. The number of nitrogen functional groups attached to an aromatic ring is 1. The van der Waals surface area contributed by atoms with E-state index in [2.05, 4.69) is 15.5 Å². The number of hydrogen-bond donors (Lipinski definition) is 1. The van der Waals surface area contributed by atoms with Gasteiger partial charge in [-0.1, -0.05) is 0 Å². The van der Waals surface area contributed by atoms with Crippen LogP contribution in [0.4, 0.5) is 10.1 Å². The highest BCUT2D eigenvalue weighted by molar-refractivity contribution is 5.71. The van der Waals surface area contributed by atoms with E-state index in [0.717, 1.165) is 0 Å². The molecule has 90 valence electrons. The summed E-state index contributed by atoms with van der Waals surface area (Å²) >= 11 is 0. The normalized spacial score (nSPS) is 10.7. The Morgan fingerprint density at radius 1 is 1.47 bits per heavy atom. The van der Waals surface area contributed by atoms with E-state index in [1.165, 1.54) is 22.9 Å². The molecule has 0 aliphatic rings. The van der Waals surface area contributed by atoms with Crippen LogP contribution in [0.3, 0.4) is 0 Å². The molecule has 0 saturated heterocycles. The number of tetrazole rings is 1. The molecule has 0 aliphatic heterocycles. The van der Waals surface area contributed by atoms with Crippen LogP contribution >= 0.6 is 0 Å². The Labute approximate surface area is 97.2 Å². The third kappa shape index (κ3) is 2.39. The van der Waals surface area contributed by atoms with Crippen LogP contribution in [0, 0.1) is 5.82 Å². The second-order valence-corrected chi connectivity index (χ2v) is 3.45. The summed E-state index contributed by atoms with van der Waals surface area (Å²) in [4.78, 5) is 0. The van der Waals surface area contributed by atoms with Gasteiger partial charge in [0.1, 0.15) is 5.82 Å². The van der Waals surface area contributed by atoms with Gasteiger partial charge < -0.3 is 10.5 Å². The third-order valence-electron chi connectivity index (χ3n) is 2.30. The maximum Gasteiger partial charge on any atom is 0.184 e. The Balaban J connectivity index is 2.38. The van der Waals surface area contributed by atoms with Gasteiger partial charge >= 0.3 is 0 Å². The zero-order chi connectivity index (χ0) is 12.3. The Hall–Kier alpha value is -2.02. The van der Waals surface area contributed by atoms with Crippen molar-refractivity contribution in [1.82, 2.24) is 20.2 Å². The van der Waals surface area contributed by atoms with E-state index < -0.39 is 0 Å². The first kappa shape index (κ1) is 11.5. The molecule has 7 heteroatoms. The predicted molar refractivity (Wildman–Crippen MR) is 59.5 cm³/mol. The van der Waals surface area contributed by atoms with Crippen LogP contribution in [0.15, 0.2) is 18.2 Å². The van der Waals surface area contributed by atoms with Gasteiger partial charge in [-0.2, -0.15) is 0 Å². The number of aromatic nitrogens is 4. The topological polar surface area (TPSA) is 78.8 Å². The number of benzene rings is 1. The van der Waals surface area contributed by atoms with Gasteiger partial charge in [0.2, 0.25) is 0 Å². The Morgan fingerprint density at radius 2 is 2.29 bits per heavy atom. The summed E-state index contributed by atoms with van der Waals surface area (Å²) in [7, 11) is 1.58. The lowest BCUT2D eigenvalue weighted by Gasteiger charge is -2.06. The van der Waals surface area contributed by atoms with Crippen molar-refractivity contribution < 1.29 is 9.13 Å². The number of ether oxygens (including phenoxy) is 1. The summed E-state index contributed by atoms with van der Waals surface area (Å²) in [5.74, 6) is 0.0505. The first-order valence-electron chi connectivity index (χ1n) is 5.03. The van der Waals surface area contributed by atoms with E-state index in [4.69, 9.17) is 10.5 Å². The molecule has 0 unspecified atom stereocenters. The molecule has 2 N–H and O–H groups in total. The first-order valence-corrected chi connectivity index (χ1v) is 5.03. The smallest absolute Gasteiger partial charge is 0.184 e. The molecule has 1 aromatic heterocycles. The van der Waals surface area contributed by atoms with Gasteiger partial charge in [-0.25, -0.2) is 9.07 Å². The van der Waals surface area contributed by atoms with E-state index in [0.29, 0.717) is 30.2 Å². The highest BCUT2D eigenvalue weighted by atomic mass is 19.1. The van der Waals surface area contributed by atoms with Crippen LogP contribution in [0.25, 0.3) is 11.4 Å². The summed E-state index contributed by atoms with van der Waals surface area (Å²) in [6.45, 7) is 0.946. The van der Waals surface area contributed by atoms with Crippen molar-refractivity contribution in [1.29, 1.82) is 0 Å². The fourth-order valence-corrected chi connectivity index (χ4v) is 1.45. The molecule has 1 aromatic carbocycles. The van der Waals surface area contributed by atoms with Crippen LogP contribution < -0.4 is 5.73 Å². The highest BCUT2D eigenvalue weighted by Crippen LogP contribution is 2.23. The zero-order valence-corrected chi connectivity index (χ0v) is 9.30. The molecule has 0 fully saturated rings. The van der Waals surface area contributed by atoms with Crippen molar-refractivity contribution in [3.8, 4) is 11.4 Å². The van der Waals surface area contributed by atoms with E-state index in [1.807, 2.05) is 0 Å². The van der Waals surface area contributed by atoms with Gasteiger partial charge in [-0.15, -0.1) is 5.10 Å². The lowest BCUT2D eigenvalue weighted by Crippen LogP contribution is -2.08. The van der Waals surface area contributed by atoms with Crippen LogP contribution in [0.2, 0.25) is 0 Å². The maximum atomic E-state index is 13.2. The number of methoxy groups -OCH3 is 1. The molecule has 0 atom stereocenters. The highest BCUT2D eigenvalue weighted by Gasteiger charge is 2.12. The summed E-state index contributed by atoms with van der Waals surface area (Å²) in [6.07, 6.45) is 0. The van der Waals surface area contributed by atoms with Gasteiger partial charge in [-0.3, -0.25) is 0 Å². The van der Waals surface area contributed by atoms with Gasteiger partial charge in [0, 0.05) is 18.4 Å². The van der Waals surface area contributed by atoms with E-state index >= 15 is 0 Å². The number of hydrogen-bond acceptors (Lipinski definition) is 5. The second-order valence-electron chi connectivity index (χ2n) is 3.45. The van der Waals surface area contributed by atoms with Crippen molar-refractivity contribution in [2.45, 2.75) is 6.54 Å². The lowest BCUT2D eigenvalue weighted by molar-refractivity contribution is 0.183. The third-order valence-corrected chi connectivity index (χ3v) is 2.30. The molecule has 1 heterocycles. The van der Waals surface area contributed by atoms with E-state index in [9.17, 15) is 4.39 Å². The van der Waals surface area contributed by atoms with Crippen molar-refractivity contribution in [3.05, 3.63) is 24.0 Å². The fraction of sp³-hybridized carbons (Fsp3) is 0.300. The van der Waals surface area contributed by atoms with Crippen LogP contribution in [-0.4, -0.2) is 33.9 Å². The molecule has 2 aromatic rings. The quantitative estimate of drug-likeness (QED) is 0.792. The van der Waals surface area contributed by atoms with Crippen molar-refractivity contribution >= 4 is 5.69 Å². The van der Waals surface area contributed by atoms with Gasteiger partial charge in [-0.05, 0) is 28.6 Å². The summed E-state index contributed by atoms with van der Waals surface area (Å²) < 4.78 is 19.6. The average Bonchev–Trinajstić information content (AvgIpc) is 2.77. The molecule has 2 rings (SSSR count). The molecule has 0 spiro atoms. The van der Waals surface area contributed by atoms with Crippen LogP contribution in [0.1, 0.15) is 0 Å². The largest absolute Gasteiger partial charge is 0.398 e. The number of anilines is 1. The predicted octanol–water partition coefficient (Wildman–Crippen LogP) is 0.708. The molecule has 17 heavy (non-hydrogen) atoms. The summed E-state index contributed by atoms with van der Waals surface area (Å²) in [5.41, 5.74) is 6.68. The van der Waals surface area contributed by atoms with Crippen molar-refractivity contribution in [2.75, 3.05) is 19.5 Å². The van der Waals surface area contributed by atoms with E-state index in [1.54, 1.807) is 7.11 Å². The zero-order valence-electron chi connectivity index (χ0n) is 9.30. The molecule has 0 saturated carbocycles. The van der Waals surface area contributed by atoms with Crippen LogP contribution in [-0.2, 0) is 11.3 Å². The SMILES string of the molecule is COCCn1nnnc1-c1cc(F)ccc1N.